The van der Waals surface area contributed by atoms with Crippen LogP contribution in [-0.4, -0.2) is 34.2 Å². The smallest absolute Gasteiger partial charge is 0.319 e. The Morgan fingerprint density at radius 2 is 1.88 bits per heavy atom. The minimum atomic E-state index is -0.611. The van der Waals surface area contributed by atoms with Crippen LogP contribution in [0.2, 0.25) is 0 Å². The van der Waals surface area contributed by atoms with E-state index in [9.17, 15) is 9.59 Å². The second kappa shape index (κ2) is 8.39. The Kier molecular flexibility index (Phi) is 6.25. The van der Waals surface area contributed by atoms with Crippen molar-refractivity contribution in [2.75, 3.05) is 5.32 Å². The number of carbonyl (C=O) groups is 2. The number of urea groups is 1. The number of anilines is 1. The van der Waals surface area contributed by atoms with E-state index in [1.54, 1.807) is 24.6 Å². The average molecular weight is 347 g/mol. The van der Waals surface area contributed by atoms with Gasteiger partial charge in [-0.15, -0.1) is 10.2 Å². The second-order valence-corrected chi connectivity index (χ2v) is 6.29. The van der Waals surface area contributed by atoms with Gasteiger partial charge in [0.15, 0.2) is 0 Å². The number of rotatable bonds is 6. The maximum Gasteiger partial charge on any atom is 0.319 e. The van der Waals surface area contributed by atoms with Crippen molar-refractivity contribution in [3.63, 3.8) is 0 Å². The van der Waals surface area contributed by atoms with E-state index in [-0.39, 0.29) is 11.9 Å². The number of hydrogen-bond acceptors (Lipinski definition) is 5. The van der Waals surface area contributed by atoms with Crippen LogP contribution in [0, 0.1) is 0 Å². The van der Waals surface area contributed by atoms with E-state index in [1.807, 2.05) is 26.0 Å². The third-order valence-electron chi connectivity index (χ3n) is 3.49. The summed E-state index contributed by atoms with van der Waals surface area (Å²) in [4.78, 5) is 23.9. The van der Waals surface area contributed by atoms with Crippen LogP contribution in [-0.2, 0) is 4.79 Å². The lowest BCUT2D eigenvalue weighted by molar-refractivity contribution is -0.123. The van der Waals surface area contributed by atoms with E-state index in [0.29, 0.717) is 5.69 Å². The summed E-state index contributed by atoms with van der Waals surface area (Å²) < 4.78 is 0. The first-order valence-electron chi connectivity index (χ1n) is 7.74. The molecule has 0 aliphatic heterocycles. The number of benzene rings is 1. The molecule has 1 heterocycles. The molecule has 0 bridgehead atoms. The highest BCUT2D eigenvalue weighted by atomic mass is 32.1. The van der Waals surface area contributed by atoms with Gasteiger partial charge in [0.2, 0.25) is 5.91 Å². The molecule has 2 aromatic rings. The zero-order chi connectivity index (χ0) is 17.5. The predicted molar refractivity (Wildman–Crippen MR) is 94.9 cm³/mol. The Labute approximate surface area is 144 Å². The van der Waals surface area contributed by atoms with Gasteiger partial charge in [-0.1, -0.05) is 18.3 Å². The standard InChI is InChI=1S/C16H21N5O2S/c1-4-10(2)18-14(22)11(3)19-16(23)20-13-7-5-12(6-8-13)15-21-17-9-24-15/h5-11H,4H2,1-3H3,(H,18,22)(H2,19,20,23)/t10-,11+/m1/s1. The minimum Gasteiger partial charge on any atom is -0.352 e. The normalized spacial score (nSPS) is 13.0. The van der Waals surface area contributed by atoms with E-state index in [1.165, 1.54) is 11.3 Å². The maximum atomic E-state index is 12.0. The maximum absolute atomic E-state index is 12.0. The topological polar surface area (TPSA) is 96.0 Å². The Balaban J connectivity index is 1.87. The van der Waals surface area contributed by atoms with Gasteiger partial charge < -0.3 is 16.0 Å². The molecule has 3 amide bonds. The molecule has 3 N–H and O–H groups in total. The summed E-state index contributed by atoms with van der Waals surface area (Å²) in [6.45, 7) is 5.56. The molecule has 8 heteroatoms. The summed E-state index contributed by atoms with van der Waals surface area (Å²) in [6, 6.07) is 6.31. The van der Waals surface area contributed by atoms with Crippen molar-refractivity contribution in [1.82, 2.24) is 20.8 Å². The number of carbonyl (C=O) groups excluding carboxylic acids is 2. The quantitative estimate of drug-likeness (QED) is 0.748. The van der Waals surface area contributed by atoms with Crippen LogP contribution < -0.4 is 16.0 Å². The fourth-order valence-electron chi connectivity index (χ4n) is 1.89. The lowest BCUT2D eigenvalue weighted by Crippen LogP contribution is -2.48. The zero-order valence-corrected chi connectivity index (χ0v) is 14.7. The lowest BCUT2D eigenvalue weighted by atomic mass is 10.2. The van der Waals surface area contributed by atoms with Crippen molar-refractivity contribution in [3.05, 3.63) is 29.8 Å². The third-order valence-corrected chi connectivity index (χ3v) is 4.23. The largest absolute Gasteiger partial charge is 0.352 e. The summed E-state index contributed by atoms with van der Waals surface area (Å²) in [5.41, 5.74) is 3.24. The van der Waals surface area contributed by atoms with Crippen LogP contribution in [0.25, 0.3) is 10.6 Å². The van der Waals surface area contributed by atoms with Gasteiger partial charge >= 0.3 is 6.03 Å². The van der Waals surface area contributed by atoms with Crippen LogP contribution in [0.3, 0.4) is 0 Å². The van der Waals surface area contributed by atoms with Gasteiger partial charge in [-0.2, -0.15) is 0 Å². The number of nitrogens with zero attached hydrogens (tertiary/aromatic N) is 2. The van der Waals surface area contributed by atoms with Gasteiger partial charge in [0, 0.05) is 17.3 Å². The lowest BCUT2D eigenvalue weighted by Gasteiger charge is -2.17. The molecule has 0 aliphatic rings. The van der Waals surface area contributed by atoms with E-state index in [0.717, 1.165) is 17.0 Å². The van der Waals surface area contributed by atoms with Crippen LogP contribution in [0.15, 0.2) is 29.8 Å². The summed E-state index contributed by atoms with van der Waals surface area (Å²) >= 11 is 1.45. The number of amides is 3. The average Bonchev–Trinajstić information content (AvgIpc) is 3.09. The Morgan fingerprint density at radius 3 is 2.46 bits per heavy atom. The van der Waals surface area contributed by atoms with Gasteiger partial charge in [0.1, 0.15) is 16.6 Å². The molecule has 0 fully saturated rings. The Morgan fingerprint density at radius 1 is 1.17 bits per heavy atom. The molecule has 0 saturated carbocycles. The highest BCUT2D eigenvalue weighted by molar-refractivity contribution is 7.12. The van der Waals surface area contributed by atoms with Crippen molar-refractivity contribution in [1.29, 1.82) is 0 Å². The molecule has 24 heavy (non-hydrogen) atoms. The van der Waals surface area contributed by atoms with E-state index in [2.05, 4.69) is 26.1 Å². The van der Waals surface area contributed by atoms with Gasteiger partial charge in [0.25, 0.3) is 0 Å². The fraction of sp³-hybridized carbons (Fsp3) is 0.375. The fourth-order valence-corrected chi connectivity index (χ4v) is 2.45. The molecule has 0 spiro atoms. The van der Waals surface area contributed by atoms with Crippen molar-refractivity contribution >= 4 is 29.0 Å². The second-order valence-electron chi connectivity index (χ2n) is 5.46. The molecule has 7 nitrogen and oxygen atoms in total. The van der Waals surface area contributed by atoms with Crippen LogP contribution in [0.4, 0.5) is 10.5 Å². The van der Waals surface area contributed by atoms with Crippen LogP contribution in [0.1, 0.15) is 27.2 Å². The molecule has 2 rings (SSSR count). The van der Waals surface area contributed by atoms with E-state index >= 15 is 0 Å². The van der Waals surface area contributed by atoms with E-state index < -0.39 is 12.1 Å². The molecule has 1 aromatic heterocycles. The highest BCUT2D eigenvalue weighted by Gasteiger charge is 2.16. The first kappa shape index (κ1) is 17.9. The molecular weight excluding hydrogens is 326 g/mol. The zero-order valence-electron chi connectivity index (χ0n) is 13.9. The molecule has 0 unspecified atom stereocenters. The first-order valence-corrected chi connectivity index (χ1v) is 8.62. The molecular formula is C16H21N5O2S. The summed E-state index contributed by atoms with van der Waals surface area (Å²) in [5.74, 6) is -0.203. The number of hydrogen-bond donors (Lipinski definition) is 3. The molecule has 0 aliphatic carbocycles. The van der Waals surface area contributed by atoms with Crippen molar-refractivity contribution in [3.8, 4) is 10.6 Å². The Bertz CT molecular complexity index is 672. The summed E-state index contributed by atoms with van der Waals surface area (Å²) in [5, 5.41) is 16.8. The highest BCUT2D eigenvalue weighted by Crippen LogP contribution is 2.22. The van der Waals surface area contributed by atoms with Crippen LogP contribution >= 0.6 is 11.3 Å². The monoisotopic (exact) mass is 347 g/mol. The van der Waals surface area contributed by atoms with Gasteiger partial charge in [-0.05, 0) is 44.5 Å². The molecule has 0 saturated heterocycles. The Hall–Kier alpha value is -2.48. The van der Waals surface area contributed by atoms with Gasteiger partial charge in [-0.25, -0.2) is 4.79 Å². The van der Waals surface area contributed by atoms with E-state index in [4.69, 9.17) is 0 Å². The predicted octanol–water partition coefficient (Wildman–Crippen LogP) is 2.63. The first-order chi connectivity index (χ1) is 11.5. The summed E-state index contributed by atoms with van der Waals surface area (Å²) in [7, 11) is 0. The SMILES string of the molecule is CC[C@@H](C)NC(=O)[C@H](C)NC(=O)Nc1ccc(-c2nncs2)cc1. The van der Waals surface area contributed by atoms with Crippen LogP contribution in [0.5, 0.6) is 0 Å². The van der Waals surface area contributed by atoms with Crippen molar-refractivity contribution in [2.45, 2.75) is 39.3 Å². The molecule has 2 atom stereocenters. The number of aromatic nitrogens is 2. The molecule has 0 radical (unpaired) electrons. The molecule has 1 aromatic carbocycles. The molecule has 128 valence electrons. The third kappa shape index (κ3) is 5.02. The van der Waals surface area contributed by atoms with Crippen molar-refractivity contribution < 1.29 is 9.59 Å². The van der Waals surface area contributed by atoms with Gasteiger partial charge in [0.05, 0.1) is 0 Å². The van der Waals surface area contributed by atoms with Gasteiger partial charge in [-0.3, -0.25) is 4.79 Å². The van der Waals surface area contributed by atoms with Crippen molar-refractivity contribution in [2.24, 2.45) is 0 Å². The summed E-state index contributed by atoms with van der Waals surface area (Å²) in [6.07, 6.45) is 0.839. The minimum absolute atomic E-state index is 0.0812. The number of nitrogens with one attached hydrogen (secondary N) is 3.